The number of hydrogen-bond donors (Lipinski definition) is 1. The van der Waals surface area contributed by atoms with Crippen LogP contribution in [0.4, 0.5) is 0 Å². The summed E-state index contributed by atoms with van der Waals surface area (Å²) in [5.41, 5.74) is 6.70. The van der Waals surface area contributed by atoms with Gasteiger partial charge in [0.05, 0.1) is 5.54 Å². The number of rotatable bonds is 2. The number of aromatic nitrogens is 1. The summed E-state index contributed by atoms with van der Waals surface area (Å²) in [5, 5.41) is 3.92. The lowest BCUT2D eigenvalue weighted by Crippen LogP contribution is -2.18. The Morgan fingerprint density at radius 1 is 1.73 bits per heavy atom. The third-order valence-electron chi connectivity index (χ3n) is 2.21. The van der Waals surface area contributed by atoms with Gasteiger partial charge in [0.25, 0.3) is 0 Å². The van der Waals surface area contributed by atoms with Crippen molar-refractivity contribution in [2.75, 3.05) is 0 Å². The maximum absolute atomic E-state index is 5.91. The fourth-order valence-electron chi connectivity index (χ4n) is 1.11. The Bertz CT molecular complexity index is 263. The van der Waals surface area contributed by atoms with E-state index in [0.29, 0.717) is 0 Å². The predicted octanol–water partition coefficient (Wildman–Crippen LogP) is 1.18. The highest BCUT2D eigenvalue weighted by Crippen LogP contribution is 2.41. The summed E-state index contributed by atoms with van der Waals surface area (Å²) in [6, 6.07) is 1.97. The first kappa shape index (κ1) is 6.85. The second-order valence-electron chi connectivity index (χ2n) is 3.19. The SMILES string of the molecule is CCc1cc(C2(N)CC2)no1. The van der Waals surface area contributed by atoms with Gasteiger partial charge in [-0.15, -0.1) is 0 Å². The van der Waals surface area contributed by atoms with E-state index >= 15 is 0 Å². The molecule has 3 heteroatoms. The third-order valence-corrected chi connectivity index (χ3v) is 2.21. The molecule has 2 N–H and O–H groups in total. The molecule has 1 fully saturated rings. The van der Waals surface area contributed by atoms with Crippen LogP contribution in [0.5, 0.6) is 0 Å². The van der Waals surface area contributed by atoms with Crippen molar-refractivity contribution in [2.24, 2.45) is 5.73 Å². The van der Waals surface area contributed by atoms with Gasteiger partial charge < -0.3 is 10.3 Å². The lowest BCUT2D eigenvalue weighted by molar-refractivity contribution is 0.374. The van der Waals surface area contributed by atoms with Gasteiger partial charge in [-0.3, -0.25) is 0 Å². The lowest BCUT2D eigenvalue weighted by atomic mass is 10.2. The van der Waals surface area contributed by atoms with Gasteiger partial charge in [0, 0.05) is 12.5 Å². The molecule has 60 valence electrons. The summed E-state index contributed by atoms with van der Waals surface area (Å²) >= 11 is 0. The molecule has 0 spiro atoms. The molecule has 0 bridgehead atoms. The van der Waals surface area contributed by atoms with Crippen molar-refractivity contribution < 1.29 is 4.52 Å². The first-order valence-electron chi connectivity index (χ1n) is 3.99. The predicted molar refractivity (Wildman–Crippen MR) is 41.0 cm³/mol. The van der Waals surface area contributed by atoms with Gasteiger partial charge in [-0.05, 0) is 12.8 Å². The van der Waals surface area contributed by atoms with Crippen LogP contribution in [0.2, 0.25) is 0 Å². The van der Waals surface area contributed by atoms with Gasteiger partial charge in [0.15, 0.2) is 0 Å². The standard InChI is InChI=1S/C8H12N2O/c1-2-6-5-7(10-11-6)8(9)3-4-8/h5H,2-4,9H2,1H3. The molecule has 0 amide bonds. The fraction of sp³-hybridized carbons (Fsp3) is 0.625. The molecule has 1 heterocycles. The Morgan fingerprint density at radius 2 is 2.45 bits per heavy atom. The summed E-state index contributed by atoms with van der Waals surface area (Å²) in [5.74, 6) is 0.928. The molecule has 1 aromatic heterocycles. The molecule has 1 aliphatic rings. The molecule has 0 saturated heterocycles. The van der Waals surface area contributed by atoms with E-state index in [-0.39, 0.29) is 5.54 Å². The third kappa shape index (κ3) is 1.05. The number of nitrogens with two attached hydrogens (primary N) is 1. The van der Waals surface area contributed by atoms with Gasteiger partial charge in [-0.25, -0.2) is 0 Å². The van der Waals surface area contributed by atoms with Crippen LogP contribution in [-0.2, 0) is 12.0 Å². The van der Waals surface area contributed by atoms with E-state index in [2.05, 4.69) is 5.16 Å². The molecule has 0 unspecified atom stereocenters. The zero-order valence-corrected chi connectivity index (χ0v) is 6.63. The first-order valence-corrected chi connectivity index (χ1v) is 3.99. The highest BCUT2D eigenvalue weighted by Gasteiger charge is 2.42. The highest BCUT2D eigenvalue weighted by atomic mass is 16.5. The average molecular weight is 152 g/mol. The van der Waals surface area contributed by atoms with Gasteiger partial charge >= 0.3 is 0 Å². The molecule has 0 radical (unpaired) electrons. The quantitative estimate of drug-likeness (QED) is 0.692. The van der Waals surface area contributed by atoms with Crippen molar-refractivity contribution in [2.45, 2.75) is 31.7 Å². The molecule has 1 aromatic rings. The van der Waals surface area contributed by atoms with Crippen LogP contribution in [0.15, 0.2) is 10.6 Å². The highest BCUT2D eigenvalue weighted by molar-refractivity contribution is 5.22. The second-order valence-corrected chi connectivity index (χ2v) is 3.19. The Morgan fingerprint density at radius 3 is 2.91 bits per heavy atom. The van der Waals surface area contributed by atoms with E-state index in [1.165, 1.54) is 0 Å². The van der Waals surface area contributed by atoms with Crippen LogP contribution >= 0.6 is 0 Å². The fourth-order valence-corrected chi connectivity index (χ4v) is 1.11. The molecular weight excluding hydrogens is 140 g/mol. The van der Waals surface area contributed by atoms with Gasteiger partial charge in [0.2, 0.25) is 0 Å². The van der Waals surface area contributed by atoms with Crippen LogP contribution in [0.25, 0.3) is 0 Å². The van der Waals surface area contributed by atoms with E-state index in [1.54, 1.807) is 0 Å². The van der Waals surface area contributed by atoms with Gasteiger partial charge in [-0.1, -0.05) is 12.1 Å². The van der Waals surface area contributed by atoms with Crippen molar-refractivity contribution in [3.05, 3.63) is 17.5 Å². The van der Waals surface area contributed by atoms with Gasteiger partial charge in [0.1, 0.15) is 11.5 Å². The van der Waals surface area contributed by atoms with Crippen LogP contribution in [-0.4, -0.2) is 5.16 Å². The minimum atomic E-state index is -0.142. The van der Waals surface area contributed by atoms with Crippen molar-refractivity contribution in [1.82, 2.24) is 5.16 Å². The average Bonchev–Trinajstić information content (AvgIpc) is 2.61. The van der Waals surface area contributed by atoms with Crippen LogP contribution in [0.3, 0.4) is 0 Å². The molecule has 0 atom stereocenters. The molecule has 11 heavy (non-hydrogen) atoms. The first-order chi connectivity index (χ1) is 5.24. The molecule has 1 aliphatic carbocycles. The van der Waals surface area contributed by atoms with Crippen molar-refractivity contribution in [3.63, 3.8) is 0 Å². The Kier molecular flexibility index (Phi) is 1.29. The summed E-state index contributed by atoms with van der Waals surface area (Å²) in [7, 11) is 0. The van der Waals surface area contributed by atoms with E-state index in [1.807, 2.05) is 13.0 Å². The molecule has 0 aliphatic heterocycles. The zero-order chi connectivity index (χ0) is 7.90. The van der Waals surface area contributed by atoms with Gasteiger partial charge in [-0.2, -0.15) is 0 Å². The number of hydrogen-bond acceptors (Lipinski definition) is 3. The van der Waals surface area contributed by atoms with Crippen molar-refractivity contribution >= 4 is 0 Å². The summed E-state index contributed by atoms with van der Waals surface area (Å²) in [6.45, 7) is 2.04. The zero-order valence-electron chi connectivity index (χ0n) is 6.63. The summed E-state index contributed by atoms with van der Waals surface area (Å²) in [6.07, 6.45) is 2.98. The Labute approximate surface area is 65.6 Å². The van der Waals surface area contributed by atoms with E-state index in [4.69, 9.17) is 10.3 Å². The molecule has 0 aromatic carbocycles. The van der Waals surface area contributed by atoms with E-state index < -0.39 is 0 Å². The lowest BCUT2D eigenvalue weighted by Gasteiger charge is -1.99. The smallest absolute Gasteiger partial charge is 0.136 e. The van der Waals surface area contributed by atoms with E-state index in [9.17, 15) is 0 Å². The van der Waals surface area contributed by atoms with Crippen LogP contribution in [0, 0.1) is 0 Å². The second kappa shape index (κ2) is 2.08. The molecule has 3 nitrogen and oxygen atoms in total. The van der Waals surface area contributed by atoms with Crippen molar-refractivity contribution in [3.8, 4) is 0 Å². The van der Waals surface area contributed by atoms with Crippen LogP contribution in [0.1, 0.15) is 31.2 Å². The number of aryl methyl sites for hydroxylation is 1. The largest absolute Gasteiger partial charge is 0.361 e. The summed E-state index contributed by atoms with van der Waals surface area (Å²) in [4.78, 5) is 0. The Balaban J connectivity index is 2.25. The van der Waals surface area contributed by atoms with Crippen molar-refractivity contribution in [1.29, 1.82) is 0 Å². The topological polar surface area (TPSA) is 52.0 Å². The maximum Gasteiger partial charge on any atom is 0.136 e. The molecule has 2 rings (SSSR count). The molecular formula is C8H12N2O. The summed E-state index contributed by atoms with van der Waals surface area (Å²) < 4.78 is 5.05. The normalized spacial score (nSPS) is 20.2. The monoisotopic (exact) mass is 152 g/mol. The minimum Gasteiger partial charge on any atom is -0.361 e. The van der Waals surface area contributed by atoms with Crippen LogP contribution < -0.4 is 5.73 Å². The Hall–Kier alpha value is -0.830. The van der Waals surface area contributed by atoms with E-state index in [0.717, 1.165) is 30.7 Å². The molecule has 1 saturated carbocycles. The maximum atomic E-state index is 5.91. The number of nitrogens with zero attached hydrogens (tertiary/aromatic N) is 1. The minimum absolute atomic E-state index is 0.142.